The van der Waals surface area contributed by atoms with Gasteiger partial charge in [0.15, 0.2) is 0 Å². The SMILES string of the molecule is CC(CNCc1ccc([N+](=O)[O-])o1)N1CCCC1. The van der Waals surface area contributed by atoms with Crippen LogP contribution < -0.4 is 5.32 Å². The summed E-state index contributed by atoms with van der Waals surface area (Å²) in [6.45, 7) is 5.95. The van der Waals surface area contributed by atoms with E-state index >= 15 is 0 Å². The van der Waals surface area contributed by atoms with Gasteiger partial charge in [-0.2, -0.15) is 0 Å². The van der Waals surface area contributed by atoms with E-state index in [1.807, 2.05) is 0 Å². The highest BCUT2D eigenvalue weighted by molar-refractivity contribution is 5.17. The molecule has 18 heavy (non-hydrogen) atoms. The van der Waals surface area contributed by atoms with Crippen LogP contribution in [-0.4, -0.2) is 35.5 Å². The second kappa shape index (κ2) is 5.97. The molecule has 1 unspecified atom stereocenters. The molecule has 0 spiro atoms. The fraction of sp³-hybridized carbons (Fsp3) is 0.667. The minimum Gasteiger partial charge on any atom is -0.404 e. The lowest BCUT2D eigenvalue weighted by atomic mass is 10.3. The average Bonchev–Trinajstić information content (AvgIpc) is 3.00. The zero-order valence-corrected chi connectivity index (χ0v) is 10.6. The van der Waals surface area contributed by atoms with Gasteiger partial charge in [-0.15, -0.1) is 0 Å². The van der Waals surface area contributed by atoms with Crippen LogP contribution >= 0.6 is 0 Å². The zero-order chi connectivity index (χ0) is 13.0. The van der Waals surface area contributed by atoms with Gasteiger partial charge in [0.2, 0.25) is 0 Å². The summed E-state index contributed by atoms with van der Waals surface area (Å²) in [4.78, 5) is 12.4. The molecule has 6 nitrogen and oxygen atoms in total. The molecule has 1 aliphatic rings. The van der Waals surface area contributed by atoms with Gasteiger partial charge in [-0.1, -0.05) is 0 Å². The summed E-state index contributed by atoms with van der Waals surface area (Å²) < 4.78 is 5.08. The van der Waals surface area contributed by atoms with E-state index in [4.69, 9.17) is 4.42 Å². The van der Waals surface area contributed by atoms with Crippen molar-refractivity contribution in [1.82, 2.24) is 10.2 Å². The number of likely N-dealkylation sites (tertiary alicyclic amines) is 1. The van der Waals surface area contributed by atoms with E-state index in [9.17, 15) is 10.1 Å². The zero-order valence-electron chi connectivity index (χ0n) is 10.6. The van der Waals surface area contributed by atoms with Gasteiger partial charge < -0.3 is 9.73 Å². The predicted octanol–water partition coefficient (Wildman–Crippen LogP) is 1.76. The average molecular weight is 253 g/mol. The van der Waals surface area contributed by atoms with Gasteiger partial charge >= 0.3 is 5.88 Å². The lowest BCUT2D eigenvalue weighted by Gasteiger charge is -2.23. The molecule has 0 bridgehead atoms. The van der Waals surface area contributed by atoms with Gasteiger partial charge in [-0.3, -0.25) is 15.0 Å². The van der Waals surface area contributed by atoms with Crippen LogP contribution in [0.2, 0.25) is 0 Å². The van der Waals surface area contributed by atoms with E-state index in [2.05, 4.69) is 17.1 Å². The van der Waals surface area contributed by atoms with Crippen molar-refractivity contribution in [3.8, 4) is 0 Å². The van der Waals surface area contributed by atoms with Crippen LogP contribution in [0.4, 0.5) is 5.88 Å². The molecule has 0 aromatic carbocycles. The molecule has 6 heteroatoms. The van der Waals surface area contributed by atoms with Crippen molar-refractivity contribution in [3.05, 3.63) is 28.0 Å². The van der Waals surface area contributed by atoms with Crippen molar-refractivity contribution in [2.45, 2.75) is 32.4 Å². The monoisotopic (exact) mass is 253 g/mol. The highest BCUT2D eigenvalue weighted by Gasteiger charge is 2.17. The molecule has 1 atom stereocenters. The number of hydrogen-bond donors (Lipinski definition) is 1. The van der Waals surface area contributed by atoms with Crippen LogP contribution in [0.25, 0.3) is 0 Å². The Morgan fingerprint density at radius 2 is 2.22 bits per heavy atom. The highest BCUT2D eigenvalue weighted by atomic mass is 16.6. The van der Waals surface area contributed by atoms with Crippen LogP contribution in [0.3, 0.4) is 0 Å². The molecule has 0 saturated carbocycles. The number of nitrogens with one attached hydrogen (secondary N) is 1. The lowest BCUT2D eigenvalue weighted by Crippen LogP contribution is -2.38. The highest BCUT2D eigenvalue weighted by Crippen LogP contribution is 2.15. The van der Waals surface area contributed by atoms with Crippen LogP contribution in [0.15, 0.2) is 16.5 Å². The van der Waals surface area contributed by atoms with Crippen LogP contribution in [-0.2, 0) is 6.54 Å². The van der Waals surface area contributed by atoms with Crippen LogP contribution in [0, 0.1) is 10.1 Å². The van der Waals surface area contributed by atoms with Crippen molar-refractivity contribution in [3.63, 3.8) is 0 Å². The molecule has 1 saturated heterocycles. The molecule has 1 N–H and O–H groups in total. The molecule has 100 valence electrons. The third-order valence-electron chi connectivity index (χ3n) is 3.33. The Kier molecular flexibility index (Phi) is 4.33. The van der Waals surface area contributed by atoms with Crippen molar-refractivity contribution in [1.29, 1.82) is 0 Å². The van der Waals surface area contributed by atoms with Crippen molar-refractivity contribution < 1.29 is 9.34 Å². The summed E-state index contributed by atoms with van der Waals surface area (Å²) in [6.07, 6.45) is 2.57. The third-order valence-corrected chi connectivity index (χ3v) is 3.33. The van der Waals surface area contributed by atoms with E-state index in [1.54, 1.807) is 6.07 Å². The molecular formula is C12H19N3O3. The van der Waals surface area contributed by atoms with Crippen LogP contribution in [0.1, 0.15) is 25.5 Å². The minimum atomic E-state index is -0.518. The molecule has 0 amide bonds. The second-order valence-electron chi connectivity index (χ2n) is 4.72. The first-order valence-corrected chi connectivity index (χ1v) is 6.34. The minimum absolute atomic E-state index is 0.195. The van der Waals surface area contributed by atoms with Gasteiger partial charge in [-0.25, -0.2) is 0 Å². The lowest BCUT2D eigenvalue weighted by molar-refractivity contribution is -0.402. The van der Waals surface area contributed by atoms with Gasteiger partial charge in [0, 0.05) is 12.6 Å². The van der Waals surface area contributed by atoms with Gasteiger partial charge in [0.05, 0.1) is 12.6 Å². The smallest absolute Gasteiger partial charge is 0.404 e. The summed E-state index contributed by atoms with van der Waals surface area (Å²) in [7, 11) is 0. The number of nitro groups is 1. The normalized spacial score (nSPS) is 18.1. The van der Waals surface area contributed by atoms with E-state index in [-0.39, 0.29) is 5.88 Å². The fourth-order valence-corrected chi connectivity index (χ4v) is 2.28. The Morgan fingerprint density at radius 1 is 1.50 bits per heavy atom. The Hall–Kier alpha value is -1.40. The Morgan fingerprint density at radius 3 is 2.83 bits per heavy atom. The summed E-state index contributed by atoms with van der Waals surface area (Å²) in [5, 5.41) is 13.7. The molecule has 1 aliphatic heterocycles. The van der Waals surface area contributed by atoms with Crippen molar-refractivity contribution >= 4 is 5.88 Å². The quantitative estimate of drug-likeness (QED) is 0.618. The molecule has 2 heterocycles. The first kappa shape index (κ1) is 13.0. The van der Waals surface area contributed by atoms with E-state index in [0.717, 1.165) is 6.54 Å². The number of rotatable bonds is 6. The van der Waals surface area contributed by atoms with Crippen molar-refractivity contribution in [2.75, 3.05) is 19.6 Å². The number of furan rings is 1. The first-order valence-electron chi connectivity index (χ1n) is 6.34. The maximum Gasteiger partial charge on any atom is 0.433 e. The predicted molar refractivity (Wildman–Crippen MR) is 67.3 cm³/mol. The Bertz CT molecular complexity index is 399. The summed E-state index contributed by atoms with van der Waals surface area (Å²) in [5.74, 6) is 0.412. The molecule has 0 radical (unpaired) electrons. The molecule has 1 aromatic heterocycles. The van der Waals surface area contributed by atoms with E-state index < -0.39 is 4.92 Å². The Labute approximate surface area is 106 Å². The van der Waals surface area contributed by atoms with Crippen LogP contribution in [0.5, 0.6) is 0 Å². The van der Waals surface area contributed by atoms with E-state index in [0.29, 0.717) is 18.3 Å². The topological polar surface area (TPSA) is 71.5 Å². The molecule has 1 fully saturated rings. The second-order valence-corrected chi connectivity index (χ2v) is 4.72. The van der Waals surface area contributed by atoms with Gasteiger partial charge in [0.1, 0.15) is 10.7 Å². The maximum absolute atomic E-state index is 10.5. The first-order chi connectivity index (χ1) is 8.66. The Balaban J connectivity index is 1.72. The molecule has 0 aliphatic carbocycles. The largest absolute Gasteiger partial charge is 0.433 e. The number of hydrogen-bond acceptors (Lipinski definition) is 5. The van der Waals surface area contributed by atoms with E-state index in [1.165, 1.54) is 32.0 Å². The standard InChI is InChI=1S/C12H19N3O3/c1-10(14-6-2-3-7-14)8-13-9-11-4-5-12(18-11)15(16)17/h4-5,10,13H,2-3,6-9H2,1H3. The molecule has 1 aromatic rings. The molecular weight excluding hydrogens is 234 g/mol. The fourth-order valence-electron chi connectivity index (χ4n) is 2.28. The number of nitrogens with zero attached hydrogens (tertiary/aromatic N) is 2. The molecule has 2 rings (SSSR count). The summed E-state index contributed by atoms with van der Waals surface area (Å²) in [5.41, 5.74) is 0. The van der Waals surface area contributed by atoms with Crippen molar-refractivity contribution in [2.24, 2.45) is 0 Å². The maximum atomic E-state index is 10.5. The summed E-state index contributed by atoms with van der Waals surface area (Å²) in [6, 6.07) is 3.53. The van der Waals surface area contributed by atoms with Gasteiger partial charge in [-0.05, 0) is 38.9 Å². The van der Waals surface area contributed by atoms with Gasteiger partial charge in [0.25, 0.3) is 0 Å². The third kappa shape index (κ3) is 3.30. The summed E-state index contributed by atoms with van der Waals surface area (Å²) >= 11 is 0.